The summed E-state index contributed by atoms with van der Waals surface area (Å²) in [5.74, 6) is 0.101. The molecule has 1 saturated heterocycles. The van der Waals surface area contributed by atoms with Crippen molar-refractivity contribution in [2.75, 3.05) is 13.2 Å². The third kappa shape index (κ3) is 2.95. The first-order valence-electron chi connectivity index (χ1n) is 7.07. The standard InChI is InChI=1S/C15H18N4O2/c1-10(11-3-2-5-16-7-11)18-15(20)13-8-17-19-14(13)12-4-6-21-9-12/h2-3,5,7-8,10,12H,4,6,9H2,1H3,(H,17,19)(H,18,20)/t10-,12-/m0/s1. The lowest BCUT2D eigenvalue weighted by Gasteiger charge is -2.14. The minimum absolute atomic E-state index is 0.103. The fraction of sp³-hybridized carbons (Fsp3) is 0.400. The lowest BCUT2D eigenvalue weighted by Crippen LogP contribution is -2.27. The highest BCUT2D eigenvalue weighted by atomic mass is 16.5. The Bertz CT molecular complexity index is 605. The molecule has 0 aromatic carbocycles. The Hall–Kier alpha value is -2.21. The van der Waals surface area contributed by atoms with Crippen LogP contribution in [0.2, 0.25) is 0 Å². The molecule has 2 atom stereocenters. The van der Waals surface area contributed by atoms with E-state index in [0.29, 0.717) is 12.2 Å². The smallest absolute Gasteiger partial charge is 0.255 e. The van der Waals surface area contributed by atoms with Crippen molar-refractivity contribution in [3.8, 4) is 0 Å². The molecular formula is C15H18N4O2. The van der Waals surface area contributed by atoms with Crippen molar-refractivity contribution in [1.29, 1.82) is 0 Å². The quantitative estimate of drug-likeness (QED) is 0.898. The molecule has 6 nitrogen and oxygen atoms in total. The van der Waals surface area contributed by atoms with Gasteiger partial charge in [-0.2, -0.15) is 5.10 Å². The average molecular weight is 286 g/mol. The summed E-state index contributed by atoms with van der Waals surface area (Å²) >= 11 is 0. The molecule has 0 aliphatic carbocycles. The number of aromatic nitrogens is 3. The van der Waals surface area contributed by atoms with Crippen LogP contribution in [0.25, 0.3) is 0 Å². The molecule has 3 rings (SSSR count). The van der Waals surface area contributed by atoms with Crippen LogP contribution in [0.5, 0.6) is 0 Å². The van der Waals surface area contributed by atoms with Crippen LogP contribution in [-0.4, -0.2) is 34.3 Å². The number of nitrogens with one attached hydrogen (secondary N) is 2. The number of amides is 1. The monoisotopic (exact) mass is 286 g/mol. The number of nitrogens with zero attached hydrogens (tertiary/aromatic N) is 2. The zero-order valence-electron chi connectivity index (χ0n) is 11.9. The Kier molecular flexibility index (Phi) is 3.96. The molecule has 3 heterocycles. The lowest BCUT2D eigenvalue weighted by atomic mass is 10.0. The van der Waals surface area contributed by atoms with Crippen molar-refractivity contribution < 1.29 is 9.53 Å². The minimum atomic E-state index is -0.123. The highest BCUT2D eigenvalue weighted by Gasteiger charge is 2.25. The van der Waals surface area contributed by atoms with Crippen LogP contribution in [0, 0.1) is 0 Å². The first kappa shape index (κ1) is 13.8. The first-order chi connectivity index (χ1) is 10.3. The number of ether oxygens (including phenoxy) is 1. The van der Waals surface area contributed by atoms with Crippen LogP contribution < -0.4 is 5.32 Å². The molecule has 0 saturated carbocycles. The number of aromatic amines is 1. The number of H-pyrrole nitrogens is 1. The predicted molar refractivity (Wildman–Crippen MR) is 76.9 cm³/mol. The zero-order chi connectivity index (χ0) is 14.7. The molecule has 1 amide bonds. The maximum Gasteiger partial charge on any atom is 0.255 e. The Morgan fingerprint density at radius 2 is 2.43 bits per heavy atom. The largest absolute Gasteiger partial charge is 0.381 e. The van der Waals surface area contributed by atoms with Crippen molar-refractivity contribution in [3.05, 3.63) is 47.5 Å². The van der Waals surface area contributed by atoms with Crippen molar-refractivity contribution in [2.45, 2.75) is 25.3 Å². The molecule has 110 valence electrons. The van der Waals surface area contributed by atoms with Gasteiger partial charge in [0, 0.05) is 24.9 Å². The second kappa shape index (κ2) is 6.05. The van der Waals surface area contributed by atoms with Crippen molar-refractivity contribution in [1.82, 2.24) is 20.5 Å². The average Bonchev–Trinajstić information content (AvgIpc) is 3.18. The maximum absolute atomic E-state index is 12.4. The molecule has 0 spiro atoms. The highest BCUT2D eigenvalue weighted by molar-refractivity contribution is 5.95. The predicted octanol–water partition coefficient (Wildman–Crippen LogP) is 1.80. The second-order valence-electron chi connectivity index (χ2n) is 5.24. The van der Waals surface area contributed by atoms with Gasteiger partial charge in [-0.05, 0) is 25.0 Å². The van der Waals surface area contributed by atoms with Gasteiger partial charge in [-0.25, -0.2) is 0 Å². The summed E-state index contributed by atoms with van der Waals surface area (Å²) in [4.78, 5) is 16.5. The molecule has 1 fully saturated rings. The molecule has 6 heteroatoms. The maximum atomic E-state index is 12.4. The van der Waals surface area contributed by atoms with Crippen LogP contribution in [0.1, 0.15) is 46.9 Å². The molecule has 2 N–H and O–H groups in total. The Morgan fingerprint density at radius 3 is 3.14 bits per heavy atom. The van der Waals surface area contributed by atoms with E-state index in [1.54, 1.807) is 18.6 Å². The fourth-order valence-electron chi connectivity index (χ4n) is 2.54. The van der Waals surface area contributed by atoms with Gasteiger partial charge in [0.15, 0.2) is 0 Å². The van der Waals surface area contributed by atoms with Gasteiger partial charge in [0.05, 0.1) is 30.1 Å². The van der Waals surface area contributed by atoms with Gasteiger partial charge in [-0.1, -0.05) is 6.07 Å². The Labute approximate surface area is 122 Å². The zero-order valence-corrected chi connectivity index (χ0v) is 11.9. The van der Waals surface area contributed by atoms with E-state index in [1.165, 1.54) is 0 Å². The number of hydrogen-bond acceptors (Lipinski definition) is 4. The third-order valence-electron chi connectivity index (χ3n) is 3.78. The molecular weight excluding hydrogens is 268 g/mol. The number of carbonyl (C=O) groups excluding carboxylic acids is 1. The van der Waals surface area contributed by atoms with Crippen LogP contribution in [0.3, 0.4) is 0 Å². The molecule has 2 aromatic rings. The molecule has 21 heavy (non-hydrogen) atoms. The van der Waals surface area contributed by atoms with Gasteiger partial charge < -0.3 is 10.1 Å². The Morgan fingerprint density at radius 1 is 1.52 bits per heavy atom. The number of carbonyl (C=O) groups is 1. The third-order valence-corrected chi connectivity index (χ3v) is 3.78. The topological polar surface area (TPSA) is 79.9 Å². The van der Waals surface area contributed by atoms with E-state index in [1.807, 2.05) is 19.1 Å². The summed E-state index contributed by atoms with van der Waals surface area (Å²) < 4.78 is 5.38. The summed E-state index contributed by atoms with van der Waals surface area (Å²) in [6.07, 6.45) is 5.97. The number of hydrogen-bond donors (Lipinski definition) is 2. The SMILES string of the molecule is C[C@H](NC(=O)c1cn[nH]c1[C@H]1CCOC1)c1cccnc1. The van der Waals surface area contributed by atoms with Gasteiger partial charge in [0.2, 0.25) is 0 Å². The molecule has 0 bridgehead atoms. The van der Waals surface area contributed by atoms with Crippen molar-refractivity contribution in [3.63, 3.8) is 0 Å². The fourth-order valence-corrected chi connectivity index (χ4v) is 2.54. The lowest BCUT2D eigenvalue weighted by molar-refractivity contribution is 0.0938. The van der Waals surface area contributed by atoms with E-state index in [9.17, 15) is 4.79 Å². The van der Waals surface area contributed by atoms with Gasteiger partial charge in [0.25, 0.3) is 5.91 Å². The molecule has 0 radical (unpaired) electrons. The molecule has 0 unspecified atom stereocenters. The van der Waals surface area contributed by atoms with Gasteiger partial charge in [0.1, 0.15) is 0 Å². The molecule has 1 aliphatic heterocycles. The van der Waals surface area contributed by atoms with Crippen molar-refractivity contribution >= 4 is 5.91 Å². The van der Waals surface area contributed by atoms with Gasteiger partial charge >= 0.3 is 0 Å². The van der Waals surface area contributed by atoms with Crippen LogP contribution >= 0.6 is 0 Å². The number of rotatable bonds is 4. The summed E-state index contributed by atoms with van der Waals surface area (Å²) in [7, 11) is 0. The van der Waals surface area contributed by atoms with E-state index in [2.05, 4.69) is 20.5 Å². The van der Waals surface area contributed by atoms with Crippen molar-refractivity contribution in [2.24, 2.45) is 0 Å². The molecule has 1 aliphatic rings. The van der Waals surface area contributed by atoms with Crippen LogP contribution in [0.4, 0.5) is 0 Å². The van der Waals surface area contributed by atoms with E-state index in [0.717, 1.165) is 24.3 Å². The number of pyridine rings is 1. The summed E-state index contributed by atoms with van der Waals surface area (Å²) in [6.45, 7) is 3.31. The summed E-state index contributed by atoms with van der Waals surface area (Å²) in [6, 6.07) is 3.70. The van der Waals surface area contributed by atoms with E-state index >= 15 is 0 Å². The van der Waals surface area contributed by atoms with E-state index in [-0.39, 0.29) is 17.9 Å². The van der Waals surface area contributed by atoms with Gasteiger partial charge in [-0.3, -0.25) is 14.9 Å². The summed E-state index contributed by atoms with van der Waals surface area (Å²) in [5.41, 5.74) is 2.43. The van der Waals surface area contributed by atoms with E-state index in [4.69, 9.17) is 4.74 Å². The van der Waals surface area contributed by atoms with Crippen LogP contribution in [0.15, 0.2) is 30.7 Å². The Balaban J connectivity index is 1.72. The second-order valence-corrected chi connectivity index (χ2v) is 5.24. The summed E-state index contributed by atoms with van der Waals surface area (Å²) in [5, 5.41) is 9.94. The normalized spacial score (nSPS) is 19.4. The first-order valence-corrected chi connectivity index (χ1v) is 7.07. The molecule has 2 aromatic heterocycles. The van der Waals surface area contributed by atoms with Gasteiger partial charge in [-0.15, -0.1) is 0 Å². The van der Waals surface area contributed by atoms with Crippen LogP contribution in [-0.2, 0) is 4.74 Å². The minimum Gasteiger partial charge on any atom is -0.381 e. The highest BCUT2D eigenvalue weighted by Crippen LogP contribution is 2.26. The van der Waals surface area contributed by atoms with E-state index < -0.39 is 0 Å².